The van der Waals surface area contributed by atoms with Gasteiger partial charge >= 0.3 is 12.0 Å². The van der Waals surface area contributed by atoms with Gasteiger partial charge in [-0.15, -0.1) is 0 Å². The van der Waals surface area contributed by atoms with Crippen LogP contribution in [0.3, 0.4) is 0 Å². The summed E-state index contributed by atoms with van der Waals surface area (Å²) in [6.45, 7) is 1.17. The van der Waals surface area contributed by atoms with E-state index in [9.17, 15) is 18.0 Å². The molecule has 0 aliphatic carbocycles. The second-order valence-corrected chi connectivity index (χ2v) is 7.65. The molecule has 7 nitrogen and oxygen atoms in total. The third-order valence-electron chi connectivity index (χ3n) is 3.38. The summed E-state index contributed by atoms with van der Waals surface area (Å²) in [6.07, 6.45) is 2.79. The van der Waals surface area contributed by atoms with Crippen LogP contribution < -0.4 is 0 Å². The SMILES string of the molecule is CN(CCS(C)(=O)=O)C(=O)N1CCCC(CC(=O)O)C1. The molecular weight excluding hydrogens is 284 g/mol. The smallest absolute Gasteiger partial charge is 0.319 e. The number of hydrogen-bond acceptors (Lipinski definition) is 4. The molecule has 1 saturated heterocycles. The van der Waals surface area contributed by atoms with Crippen molar-refractivity contribution in [2.75, 3.05) is 38.7 Å². The molecule has 1 atom stereocenters. The van der Waals surface area contributed by atoms with E-state index in [4.69, 9.17) is 5.11 Å². The molecule has 116 valence electrons. The first-order valence-corrected chi connectivity index (χ1v) is 8.64. The van der Waals surface area contributed by atoms with Crippen molar-refractivity contribution in [3.8, 4) is 0 Å². The summed E-state index contributed by atoms with van der Waals surface area (Å²) < 4.78 is 22.2. The highest BCUT2D eigenvalue weighted by atomic mass is 32.2. The van der Waals surface area contributed by atoms with Crippen LogP contribution in [0.15, 0.2) is 0 Å². The summed E-state index contributed by atoms with van der Waals surface area (Å²) in [7, 11) is -1.54. The van der Waals surface area contributed by atoms with Gasteiger partial charge in [0, 0.05) is 39.4 Å². The first-order valence-electron chi connectivity index (χ1n) is 6.58. The molecule has 1 unspecified atom stereocenters. The predicted octanol–water partition coefficient (Wildman–Crippen LogP) is 0.270. The Morgan fingerprint density at radius 2 is 2.05 bits per heavy atom. The molecule has 0 radical (unpaired) electrons. The second kappa shape index (κ2) is 6.92. The fraction of sp³-hybridized carbons (Fsp3) is 0.833. The Morgan fingerprint density at radius 3 is 2.60 bits per heavy atom. The van der Waals surface area contributed by atoms with Crippen LogP contribution in [-0.2, 0) is 14.6 Å². The monoisotopic (exact) mass is 306 g/mol. The molecule has 1 rings (SSSR count). The fourth-order valence-electron chi connectivity index (χ4n) is 2.29. The highest BCUT2D eigenvalue weighted by Gasteiger charge is 2.27. The summed E-state index contributed by atoms with van der Waals surface area (Å²) in [4.78, 5) is 25.9. The molecule has 1 fully saturated rings. The number of aliphatic carboxylic acids is 1. The number of rotatable bonds is 5. The number of nitrogens with zero attached hydrogens (tertiary/aromatic N) is 2. The number of carboxylic acid groups (broad SMARTS) is 1. The van der Waals surface area contributed by atoms with Gasteiger partial charge in [-0.2, -0.15) is 0 Å². The molecule has 0 saturated carbocycles. The zero-order valence-electron chi connectivity index (χ0n) is 11.9. The summed E-state index contributed by atoms with van der Waals surface area (Å²) >= 11 is 0. The Kier molecular flexibility index (Phi) is 5.79. The number of likely N-dealkylation sites (tertiary alicyclic amines) is 1. The average molecular weight is 306 g/mol. The van der Waals surface area contributed by atoms with E-state index in [-0.39, 0.29) is 30.7 Å². The van der Waals surface area contributed by atoms with E-state index in [0.717, 1.165) is 19.1 Å². The summed E-state index contributed by atoms with van der Waals surface area (Å²) in [5.41, 5.74) is 0. The van der Waals surface area contributed by atoms with E-state index in [1.54, 1.807) is 11.9 Å². The number of carboxylic acids is 1. The number of urea groups is 1. The van der Waals surface area contributed by atoms with Gasteiger partial charge < -0.3 is 14.9 Å². The van der Waals surface area contributed by atoms with E-state index in [2.05, 4.69) is 0 Å². The number of sulfone groups is 1. The summed E-state index contributed by atoms with van der Waals surface area (Å²) in [6, 6.07) is -0.233. The van der Waals surface area contributed by atoms with E-state index >= 15 is 0 Å². The fourth-order valence-corrected chi connectivity index (χ4v) is 2.90. The standard InChI is InChI=1S/C12H22N2O5S/c1-13(6-7-20(2,18)19)12(17)14-5-3-4-10(9-14)8-11(15)16/h10H,3-9H2,1-2H3,(H,15,16). The van der Waals surface area contributed by atoms with Crippen molar-refractivity contribution in [3.05, 3.63) is 0 Å². The maximum absolute atomic E-state index is 12.2. The highest BCUT2D eigenvalue weighted by Crippen LogP contribution is 2.20. The highest BCUT2D eigenvalue weighted by molar-refractivity contribution is 7.90. The van der Waals surface area contributed by atoms with Crippen molar-refractivity contribution in [2.45, 2.75) is 19.3 Å². The van der Waals surface area contributed by atoms with Crippen molar-refractivity contribution in [3.63, 3.8) is 0 Å². The normalized spacial score (nSPS) is 19.7. The van der Waals surface area contributed by atoms with Crippen LogP contribution in [0.25, 0.3) is 0 Å². The Bertz CT molecular complexity index is 462. The minimum Gasteiger partial charge on any atom is -0.481 e. The molecule has 0 aromatic carbocycles. The third kappa shape index (κ3) is 5.77. The van der Waals surface area contributed by atoms with Gasteiger partial charge in [0.1, 0.15) is 9.84 Å². The Hall–Kier alpha value is -1.31. The average Bonchev–Trinajstić information content (AvgIpc) is 2.33. The van der Waals surface area contributed by atoms with Crippen molar-refractivity contribution < 1.29 is 23.1 Å². The van der Waals surface area contributed by atoms with Crippen LogP contribution in [0.4, 0.5) is 4.79 Å². The maximum atomic E-state index is 12.2. The van der Waals surface area contributed by atoms with Gasteiger partial charge in [-0.05, 0) is 18.8 Å². The molecule has 0 spiro atoms. The van der Waals surface area contributed by atoms with Gasteiger partial charge in [0.25, 0.3) is 0 Å². The van der Waals surface area contributed by atoms with Gasteiger partial charge in [-0.3, -0.25) is 4.79 Å². The maximum Gasteiger partial charge on any atom is 0.319 e. The van der Waals surface area contributed by atoms with Crippen molar-refractivity contribution in [1.82, 2.24) is 9.80 Å². The number of hydrogen-bond donors (Lipinski definition) is 1. The Morgan fingerprint density at radius 1 is 1.40 bits per heavy atom. The first kappa shape index (κ1) is 16.7. The Balaban J connectivity index is 2.51. The summed E-state index contributed by atoms with van der Waals surface area (Å²) in [5, 5.41) is 8.79. The quantitative estimate of drug-likeness (QED) is 0.786. The first-order chi connectivity index (χ1) is 9.19. The lowest BCUT2D eigenvalue weighted by Gasteiger charge is -2.34. The van der Waals surface area contributed by atoms with Gasteiger partial charge in [-0.25, -0.2) is 13.2 Å². The van der Waals surface area contributed by atoms with E-state index in [1.807, 2.05) is 0 Å². The zero-order chi connectivity index (χ0) is 15.3. The molecule has 1 aliphatic heterocycles. The molecular formula is C12H22N2O5S. The molecule has 8 heteroatoms. The lowest BCUT2D eigenvalue weighted by molar-refractivity contribution is -0.138. The molecule has 1 heterocycles. The van der Waals surface area contributed by atoms with E-state index < -0.39 is 15.8 Å². The molecule has 0 bridgehead atoms. The minimum absolute atomic E-state index is 0.0199. The van der Waals surface area contributed by atoms with Crippen molar-refractivity contribution in [1.29, 1.82) is 0 Å². The van der Waals surface area contributed by atoms with E-state index in [1.165, 1.54) is 4.90 Å². The van der Waals surface area contributed by atoms with Crippen LogP contribution in [0.1, 0.15) is 19.3 Å². The van der Waals surface area contributed by atoms with Crippen LogP contribution in [-0.4, -0.2) is 74.0 Å². The molecule has 0 aromatic heterocycles. The largest absolute Gasteiger partial charge is 0.481 e. The van der Waals surface area contributed by atoms with Crippen LogP contribution >= 0.6 is 0 Å². The lowest BCUT2D eigenvalue weighted by Crippen LogP contribution is -2.47. The number of piperidine rings is 1. The zero-order valence-corrected chi connectivity index (χ0v) is 12.7. The molecule has 2 amide bonds. The second-order valence-electron chi connectivity index (χ2n) is 5.39. The molecule has 1 aliphatic rings. The molecule has 0 aromatic rings. The number of carbonyl (C=O) groups is 2. The molecule has 1 N–H and O–H groups in total. The van der Waals surface area contributed by atoms with Crippen molar-refractivity contribution in [2.24, 2.45) is 5.92 Å². The number of carbonyl (C=O) groups excluding carboxylic acids is 1. The van der Waals surface area contributed by atoms with Crippen LogP contribution in [0, 0.1) is 5.92 Å². The summed E-state index contributed by atoms with van der Waals surface area (Å²) in [5.74, 6) is -0.940. The van der Waals surface area contributed by atoms with Gasteiger partial charge in [0.2, 0.25) is 0 Å². The minimum atomic E-state index is -3.10. The lowest BCUT2D eigenvalue weighted by atomic mass is 9.95. The van der Waals surface area contributed by atoms with Crippen LogP contribution in [0.5, 0.6) is 0 Å². The van der Waals surface area contributed by atoms with Gasteiger partial charge in [0.05, 0.1) is 5.75 Å². The number of amides is 2. The molecule has 20 heavy (non-hydrogen) atoms. The van der Waals surface area contributed by atoms with Gasteiger partial charge in [-0.1, -0.05) is 0 Å². The topological polar surface area (TPSA) is 95.0 Å². The van der Waals surface area contributed by atoms with E-state index in [0.29, 0.717) is 13.1 Å². The van der Waals surface area contributed by atoms with Crippen molar-refractivity contribution >= 4 is 21.8 Å². The van der Waals surface area contributed by atoms with Gasteiger partial charge in [0.15, 0.2) is 0 Å². The third-order valence-corrected chi connectivity index (χ3v) is 4.30. The predicted molar refractivity (Wildman–Crippen MR) is 74.3 cm³/mol. The van der Waals surface area contributed by atoms with Crippen LogP contribution in [0.2, 0.25) is 0 Å². The Labute approximate surface area is 119 Å².